The Balaban J connectivity index is 0.00000484. The number of nitrogens with one attached hydrogen (secondary N) is 2. The number of aliphatic imine (C=N–C) groups is 1. The summed E-state index contributed by atoms with van der Waals surface area (Å²) >= 11 is 1.83. The van der Waals surface area contributed by atoms with Gasteiger partial charge in [-0.2, -0.15) is 0 Å². The Kier molecular flexibility index (Phi) is 15.0. The fourth-order valence-electron chi connectivity index (χ4n) is 2.11. The van der Waals surface area contributed by atoms with Gasteiger partial charge in [-0.05, 0) is 50.5 Å². The molecule has 2 N–H and O–H groups in total. The van der Waals surface area contributed by atoms with Crippen molar-refractivity contribution in [2.75, 3.05) is 32.8 Å². The maximum Gasteiger partial charge on any atom is 0.191 e. The lowest BCUT2D eigenvalue weighted by molar-refractivity contribution is 0.143. The van der Waals surface area contributed by atoms with Crippen LogP contribution in [0.4, 0.5) is 0 Å². The van der Waals surface area contributed by atoms with E-state index in [0.29, 0.717) is 5.92 Å². The van der Waals surface area contributed by atoms with Gasteiger partial charge in [-0.1, -0.05) is 13.0 Å². The maximum atomic E-state index is 5.34. The van der Waals surface area contributed by atoms with Gasteiger partial charge in [0, 0.05) is 37.7 Å². The molecule has 0 saturated heterocycles. The minimum Gasteiger partial charge on any atom is -0.382 e. The van der Waals surface area contributed by atoms with Crippen molar-refractivity contribution >= 4 is 41.3 Å². The SMILES string of the molecule is CCNC(=NCC(C)Cc1cccs1)NCCCCOCC.I. The number of nitrogens with zero attached hydrogens (tertiary/aromatic N) is 1. The predicted octanol–water partition coefficient (Wildman–Crippen LogP) is 3.92. The third-order valence-corrected chi connectivity index (χ3v) is 4.15. The smallest absolute Gasteiger partial charge is 0.191 e. The van der Waals surface area contributed by atoms with Crippen LogP contribution in [0.3, 0.4) is 0 Å². The quantitative estimate of drug-likeness (QED) is 0.231. The molecule has 0 spiro atoms. The molecule has 0 fully saturated rings. The van der Waals surface area contributed by atoms with Crippen molar-refractivity contribution in [1.29, 1.82) is 0 Å². The van der Waals surface area contributed by atoms with Crippen molar-refractivity contribution in [3.8, 4) is 0 Å². The Hall–Kier alpha value is -0.340. The molecule has 0 aliphatic rings. The van der Waals surface area contributed by atoms with Gasteiger partial charge in [-0.3, -0.25) is 4.99 Å². The molecule has 6 heteroatoms. The zero-order chi connectivity index (χ0) is 16.0. The van der Waals surface area contributed by atoms with Gasteiger partial charge < -0.3 is 15.4 Å². The second-order valence-electron chi connectivity index (χ2n) is 5.44. The molecule has 0 aliphatic heterocycles. The largest absolute Gasteiger partial charge is 0.382 e. The molecule has 1 unspecified atom stereocenters. The van der Waals surface area contributed by atoms with E-state index < -0.39 is 0 Å². The third kappa shape index (κ3) is 11.8. The molecule has 0 radical (unpaired) electrons. The molecule has 1 aromatic rings. The molecular formula is C17H32IN3OS. The summed E-state index contributed by atoms with van der Waals surface area (Å²) in [5, 5.41) is 8.84. The molecule has 0 bridgehead atoms. The number of hydrogen-bond donors (Lipinski definition) is 2. The summed E-state index contributed by atoms with van der Waals surface area (Å²) < 4.78 is 5.34. The molecule has 0 amide bonds. The number of guanidine groups is 1. The first-order chi connectivity index (χ1) is 10.8. The van der Waals surface area contributed by atoms with Crippen LogP contribution in [-0.2, 0) is 11.2 Å². The Morgan fingerprint density at radius 3 is 2.78 bits per heavy atom. The van der Waals surface area contributed by atoms with Gasteiger partial charge in [0.25, 0.3) is 0 Å². The summed E-state index contributed by atoms with van der Waals surface area (Å²) in [5.74, 6) is 1.49. The van der Waals surface area contributed by atoms with Crippen molar-refractivity contribution in [3.05, 3.63) is 22.4 Å². The third-order valence-electron chi connectivity index (χ3n) is 3.25. The monoisotopic (exact) mass is 453 g/mol. The standard InChI is InChI=1S/C17H31N3OS.HI/c1-4-18-17(19-10-6-7-11-21-5-2)20-14-15(3)13-16-9-8-12-22-16;/h8-9,12,15H,4-7,10-11,13-14H2,1-3H3,(H2,18,19,20);1H. The van der Waals surface area contributed by atoms with Gasteiger partial charge in [0.15, 0.2) is 5.96 Å². The molecular weight excluding hydrogens is 421 g/mol. The van der Waals surface area contributed by atoms with Crippen LogP contribution in [0.2, 0.25) is 0 Å². The first-order valence-corrected chi connectivity index (χ1v) is 9.26. The molecule has 23 heavy (non-hydrogen) atoms. The Morgan fingerprint density at radius 2 is 2.13 bits per heavy atom. The van der Waals surface area contributed by atoms with Crippen molar-refractivity contribution in [1.82, 2.24) is 10.6 Å². The molecule has 4 nitrogen and oxygen atoms in total. The van der Waals surface area contributed by atoms with E-state index in [-0.39, 0.29) is 24.0 Å². The molecule has 1 atom stereocenters. The number of thiophene rings is 1. The fraction of sp³-hybridized carbons (Fsp3) is 0.706. The van der Waals surface area contributed by atoms with Crippen LogP contribution in [0, 0.1) is 5.92 Å². The van der Waals surface area contributed by atoms with Gasteiger partial charge in [0.05, 0.1) is 0 Å². The highest BCUT2D eigenvalue weighted by atomic mass is 127. The molecule has 0 saturated carbocycles. The summed E-state index contributed by atoms with van der Waals surface area (Å²) in [5.41, 5.74) is 0. The molecule has 1 heterocycles. The summed E-state index contributed by atoms with van der Waals surface area (Å²) in [6, 6.07) is 4.32. The predicted molar refractivity (Wildman–Crippen MR) is 112 cm³/mol. The second-order valence-corrected chi connectivity index (χ2v) is 6.47. The van der Waals surface area contributed by atoms with Crippen LogP contribution >= 0.6 is 35.3 Å². The van der Waals surface area contributed by atoms with Gasteiger partial charge in [-0.15, -0.1) is 35.3 Å². The van der Waals surface area contributed by atoms with Gasteiger partial charge in [-0.25, -0.2) is 0 Å². The number of ether oxygens (including phenoxy) is 1. The Bertz CT molecular complexity index is 399. The van der Waals surface area contributed by atoms with Gasteiger partial charge in [0.1, 0.15) is 0 Å². The lowest BCUT2D eigenvalue weighted by Gasteiger charge is -2.13. The zero-order valence-corrected chi connectivity index (χ0v) is 17.8. The van der Waals surface area contributed by atoms with E-state index in [1.807, 2.05) is 18.3 Å². The first-order valence-electron chi connectivity index (χ1n) is 8.38. The van der Waals surface area contributed by atoms with Gasteiger partial charge >= 0.3 is 0 Å². The fourth-order valence-corrected chi connectivity index (χ4v) is 2.98. The summed E-state index contributed by atoms with van der Waals surface area (Å²) in [7, 11) is 0. The summed E-state index contributed by atoms with van der Waals surface area (Å²) in [6.45, 7) is 10.7. The minimum absolute atomic E-state index is 0. The highest BCUT2D eigenvalue weighted by molar-refractivity contribution is 14.0. The Morgan fingerprint density at radius 1 is 1.30 bits per heavy atom. The Labute approximate surface area is 162 Å². The van der Waals surface area contributed by atoms with E-state index in [0.717, 1.165) is 58.1 Å². The highest BCUT2D eigenvalue weighted by Crippen LogP contribution is 2.14. The van der Waals surface area contributed by atoms with E-state index in [9.17, 15) is 0 Å². The van der Waals surface area contributed by atoms with Gasteiger partial charge in [0.2, 0.25) is 0 Å². The second kappa shape index (κ2) is 15.2. The topological polar surface area (TPSA) is 45.7 Å². The average Bonchev–Trinajstić information content (AvgIpc) is 3.01. The number of rotatable bonds is 11. The first kappa shape index (κ1) is 22.7. The molecule has 0 aromatic carbocycles. The van der Waals surface area contributed by atoms with Crippen LogP contribution in [0.1, 0.15) is 38.5 Å². The van der Waals surface area contributed by atoms with E-state index in [2.05, 4.69) is 42.0 Å². The van der Waals surface area contributed by atoms with E-state index in [1.165, 1.54) is 4.88 Å². The van der Waals surface area contributed by atoms with Crippen LogP contribution in [0.5, 0.6) is 0 Å². The lowest BCUT2D eigenvalue weighted by Crippen LogP contribution is -2.38. The number of halogens is 1. The summed E-state index contributed by atoms with van der Waals surface area (Å²) in [6.07, 6.45) is 3.30. The maximum absolute atomic E-state index is 5.34. The molecule has 134 valence electrons. The van der Waals surface area contributed by atoms with E-state index >= 15 is 0 Å². The molecule has 1 rings (SSSR count). The van der Waals surface area contributed by atoms with Crippen LogP contribution in [-0.4, -0.2) is 38.8 Å². The highest BCUT2D eigenvalue weighted by Gasteiger charge is 2.05. The van der Waals surface area contributed by atoms with Crippen molar-refractivity contribution in [2.24, 2.45) is 10.9 Å². The minimum atomic E-state index is 0. The van der Waals surface area contributed by atoms with E-state index in [4.69, 9.17) is 9.73 Å². The van der Waals surface area contributed by atoms with Crippen LogP contribution in [0.25, 0.3) is 0 Å². The summed E-state index contributed by atoms with van der Waals surface area (Å²) in [4.78, 5) is 6.14. The number of unbranched alkanes of at least 4 members (excludes halogenated alkanes) is 1. The lowest BCUT2D eigenvalue weighted by atomic mass is 10.1. The molecule has 0 aliphatic carbocycles. The van der Waals surface area contributed by atoms with Crippen molar-refractivity contribution in [2.45, 2.75) is 40.0 Å². The number of hydrogen-bond acceptors (Lipinski definition) is 3. The van der Waals surface area contributed by atoms with Crippen LogP contribution < -0.4 is 10.6 Å². The van der Waals surface area contributed by atoms with Crippen molar-refractivity contribution < 1.29 is 4.74 Å². The van der Waals surface area contributed by atoms with E-state index in [1.54, 1.807) is 0 Å². The average molecular weight is 453 g/mol. The normalized spacial score (nSPS) is 12.6. The van der Waals surface area contributed by atoms with Crippen molar-refractivity contribution in [3.63, 3.8) is 0 Å². The molecule has 1 aromatic heterocycles. The zero-order valence-electron chi connectivity index (χ0n) is 14.6. The van der Waals surface area contributed by atoms with Crippen LogP contribution in [0.15, 0.2) is 22.5 Å².